The number of benzene rings is 4. The van der Waals surface area contributed by atoms with Crippen LogP contribution in [0.2, 0.25) is 0 Å². The molecule has 0 N–H and O–H groups in total. The van der Waals surface area contributed by atoms with Crippen molar-refractivity contribution in [2.75, 3.05) is 50.2 Å². The maximum atomic E-state index is 13.5. The molecule has 0 radical (unpaired) electrons. The number of aromatic nitrogens is 6. The molecular formula is C49H36Cl12N8O5. The molecule has 4 aromatic carbocycles. The van der Waals surface area contributed by atoms with Crippen molar-refractivity contribution in [3.05, 3.63) is 154 Å². The summed E-state index contributed by atoms with van der Waals surface area (Å²) in [7, 11) is 3.76. The topological polar surface area (TPSA) is 153 Å². The van der Waals surface area contributed by atoms with E-state index in [0.717, 1.165) is 33.6 Å². The minimum atomic E-state index is -2.02. The molecule has 74 heavy (non-hydrogen) atoms. The van der Waals surface area contributed by atoms with E-state index >= 15 is 0 Å². The Bertz CT molecular complexity index is 2820. The van der Waals surface area contributed by atoms with E-state index in [1.807, 2.05) is 84.6 Å². The summed E-state index contributed by atoms with van der Waals surface area (Å²) in [6.07, 6.45) is 5.06. The number of hydrogen-bond acceptors (Lipinski definition) is 13. The first-order valence-corrected chi connectivity index (χ1v) is 26.2. The Morgan fingerprint density at radius 1 is 0.473 bits per heavy atom. The van der Waals surface area contributed by atoms with Crippen molar-refractivity contribution in [1.82, 2.24) is 29.9 Å². The third kappa shape index (κ3) is 15.4. The van der Waals surface area contributed by atoms with Gasteiger partial charge >= 0.3 is 11.9 Å². The quantitative estimate of drug-likeness (QED) is 0.0578. The van der Waals surface area contributed by atoms with Crippen LogP contribution in [0, 0.1) is 0 Å². The molecule has 0 bridgehead atoms. The highest BCUT2D eigenvalue weighted by Gasteiger charge is 2.36. The van der Waals surface area contributed by atoms with Gasteiger partial charge in [-0.05, 0) is 84.7 Å². The SMILES string of the molecule is CN(CCOC(=O)c1ccc(-c2nc(C(Cl)(Cl)Cl)nc(C(Cl)(Cl)Cl)n2)cc1)c1ccc(/C=C2\CC/C(=C\c3ccc(N(C)CCOC(=O)c4ccc(-c5nc(C(Cl)(Cl)Cl)nc(C(Cl)(Cl)Cl)n5)cc4)cc3)C2=O)cc1. The molecule has 386 valence electrons. The van der Waals surface area contributed by atoms with Gasteiger partial charge < -0.3 is 19.3 Å². The monoisotopic (exact) mass is 1240 g/mol. The molecule has 2 heterocycles. The fraction of sp³-hybridized carbons (Fsp3) is 0.245. The zero-order chi connectivity index (χ0) is 53.8. The molecule has 0 spiro atoms. The lowest BCUT2D eigenvalue weighted by Gasteiger charge is -2.19. The minimum absolute atomic E-state index is 0.00310. The Hall–Kier alpha value is -3.93. The van der Waals surface area contributed by atoms with Crippen molar-refractivity contribution in [3.63, 3.8) is 0 Å². The molecule has 0 unspecified atom stereocenters. The maximum Gasteiger partial charge on any atom is 0.338 e. The lowest BCUT2D eigenvalue weighted by molar-refractivity contribution is -0.111. The second kappa shape index (κ2) is 24.2. The van der Waals surface area contributed by atoms with E-state index in [0.29, 0.717) is 37.1 Å². The van der Waals surface area contributed by atoms with Crippen LogP contribution < -0.4 is 9.80 Å². The minimum Gasteiger partial charge on any atom is -0.460 e. The summed E-state index contributed by atoms with van der Waals surface area (Å²) in [4.78, 5) is 67.8. The van der Waals surface area contributed by atoms with Crippen LogP contribution in [0.3, 0.4) is 0 Å². The van der Waals surface area contributed by atoms with Crippen LogP contribution in [0.5, 0.6) is 0 Å². The Morgan fingerprint density at radius 2 is 0.770 bits per heavy atom. The summed E-state index contributed by atoms with van der Waals surface area (Å²) < 4.78 is 3.01. The maximum absolute atomic E-state index is 13.5. The summed E-state index contributed by atoms with van der Waals surface area (Å²) in [6.45, 7) is 1.03. The highest BCUT2D eigenvalue weighted by molar-refractivity contribution is 6.68. The standard InChI is InChI=1S/C49H36Cl12N8O5/c1-68(21-23-73-40(71)31-11-7-29(8-12-31)38-62-42(46(50,51)52)66-43(63-38)47(53,54)55)35-17-3-27(4-18-35)25-33-15-16-34(37(33)70)26-28-5-19-36(20-6-28)69(2)22-24-74-41(72)32-13-9-30(10-14-32)39-64-44(48(56,57)58)67-45(65-39)49(59,60)61/h3-14,17-20,25-26H,15-16,21-24H2,1-2H3/b33-25+,34-26+. The lowest BCUT2D eigenvalue weighted by atomic mass is 10.1. The third-order valence-electron chi connectivity index (χ3n) is 11.0. The largest absolute Gasteiger partial charge is 0.460 e. The lowest BCUT2D eigenvalue weighted by Crippen LogP contribution is -2.23. The Morgan fingerprint density at radius 3 is 1.05 bits per heavy atom. The van der Waals surface area contributed by atoms with Crippen molar-refractivity contribution in [3.8, 4) is 22.8 Å². The number of rotatable bonds is 14. The van der Waals surface area contributed by atoms with Crippen LogP contribution in [0.15, 0.2) is 108 Å². The van der Waals surface area contributed by atoms with E-state index in [-0.39, 0.29) is 65.1 Å². The van der Waals surface area contributed by atoms with Crippen LogP contribution >= 0.6 is 139 Å². The normalized spacial score (nSPS) is 14.4. The average molecular weight is 1240 g/mol. The molecule has 0 amide bonds. The number of hydrogen-bond donors (Lipinski definition) is 0. The number of ether oxygens (including phenoxy) is 2. The van der Waals surface area contributed by atoms with E-state index in [1.165, 1.54) is 24.3 Å². The number of ketones is 1. The van der Waals surface area contributed by atoms with Gasteiger partial charge in [0.15, 0.2) is 40.7 Å². The van der Waals surface area contributed by atoms with Gasteiger partial charge in [-0.2, -0.15) is 0 Å². The van der Waals surface area contributed by atoms with Crippen LogP contribution in [0.4, 0.5) is 11.4 Å². The van der Waals surface area contributed by atoms with Gasteiger partial charge in [0, 0.05) is 47.7 Å². The number of carbonyl (C=O) groups excluding carboxylic acids is 3. The molecule has 6 aromatic rings. The number of halogens is 12. The number of anilines is 2. The fourth-order valence-corrected chi connectivity index (χ4v) is 8.05. The number of esters is 2. The van der Waals surface area contributed by atoms with Gasteiger partial charge in [0.05, 0.1) is 24.2 Å². The second-order valence-electron chi connectivity index (χ2n) is 16.2. The van der Waals surface area contributed by atoms with E-state index in [1.54, 1.807) is 24.3 Å². The molecule has 2 aromatic heterocycles. The van der Waals surface area contributed by atoms with Gasteiger partial charge in [-0.3, -0.25) is 4.79 Å². The zero-order valence-electron chi connectivity index (χ0n) is 38.3. The van der Waals surface area contributed by atoms with Gasteiger partial charge in [0.2, 0.25) is 15.2 Å². The van der Waals surface area contributed by atoms with Crippen molar-refractivity contribution in [2.45, 2.75) is 28.0 Å². The van der Waals surface area contributed by atoms with Gasteiger partial charge in [-0.25, -0.2) is 39.5 Å². The number of likely N-dealkylation sites (N-methyl/N-ethyl adjacent to an activating group) is 2. The molecule has 25 heteroatoms. The predicted molar refractivity (Wildman–Crippen MR) is 298 cm³/mol. The molecule has 1 saturated carbocycles. The molecule has 1 aliphatic carbocycles. The van der Waals surface area contributed by atoms with E-state index < -0.39 is 27.1 Å². The molecule has 7 rings (SSSR count). The number of nitrogens with zero attached hydrogens (tertiary/aromatic N) is 8. The van der Waals surface area contributed by atoms with Gasteiger partial charge in [-0.15, -0.1) is 0 Å². The number of carbonyl (C=O) groups is 3. The Labute approximate surface area is 484 Å². The number of alkyl halides is 12. The number of allylic oxidation sites excluding steroid dienone is 2. The van der Waals surface area contributed by atoms with Gasteiger partial charge in [0.1, 0.15) is 13.2 Å². The van der Waals surface area contributed by atoms with Crippen molar-refractivity contribution >= 4 is 180 Å². The summed E-state index contributed by atoms with van der Waals surface area (Å²) in [5.41, 5.74) is 6.45. The molecule has 1 fully saturated rings. The predicted octanol–water partition coefficient (Wildman–Crippen LogP) is 14.1. The first-order valence-electron chi connectivity index (χ1n) is 21.7. The molecule has 0 atom stereocenters. The van der Waals surface area contributed by atoms with Gasteiger partial charge in [-0.1, -0.05) is 188 Å². The second-order valence-corrected chi connectivity index (χ2v) is 25.3. The highest BCUT2D eigenvalue weighted by Crippen LogP contribution is 2.42. The van der Waals surface area contributed by atoms with Crippen LogP contribution in [-0.4, -0.2) is 88.0 Å². The molecule has 0 saturated heterocycles. The van der Waals surface area contributed by atoms with E-state index in [4.69, 9.17) is 149 Å². The summed E-state index contributed by atoms with van der Waals surface area (Å²) in [5.74, 6) is -1.91. The molecular weight excluding hydrogens is 1210 g/mol. The Balaban J connectivity index is 0.858. The van der Waals surface area contributed by atoms with Gasteiger partial charge in [0.25, 0.3) is 0 Å². The van der Waals surface area contributed by atoms with Crippen molar-refractivity contribution in [2.24, 2.45) is 0 Å². The Kier molecular flexibility index (Phi) is 18.9. The summed E-state index contributed by atoms with van der Waals surface area (Å²) >= 11 is 71.9. The zero-order valence-corrected chi connectivity index (χ0v) is 47.4. The first kappa shape index (κ1) is 57.8. The number of Topliss-reactive ketones (excluding diaryl/α,β-unsaturated/α-hetero) is 1. The van der Waals surface area contributed by atoms with E-state index in [9.17, 15) is 14.4 Å². The van der Waals surface area contributed by atoms with Crippen molar-refractivity contribution in [1.29, 1.82) is 0 Å². The average Bonchev–Trinajstić information content (AvgIpc) is 3.69. The molecule has 13 nitrogen and oxygen atoms in total. The van der Waals surface area contributed by atoms with Crippen LogP contribution in [-0.2, 0) is 29.4 Å². The molecule has 1 aliphatic rings. The molecule has 0 aliphatic heterocycles. The third-order valence-corrected chi connectivity index (χ3v) is 13.0. The van der Waals surface area contributed by atoms with Crippen LogP contribution in [0.1, 0.15) is 68.0 Å². The van der Waals surface area contributed by atoms with Crippen LogP contribution in [0.25, 0.3) is 34.9 Å². The first-order chi connectivity index (χ1) is 34.7. The smallest absolute Gasteiger partial charge is 0.338 e. The van der Waals surface area contributed by atoms with E-state index in [2.05, 4.69) is 29.9 Å². The highest BCUT2D eigenvalue weighted by atomic mass is 35.6. The van der Waals surface area contributed by atoms with Crippen molar-refractivity contribution < 1.29 is 23.9 Å². The fourth-order valence-electron chi connectivity index (χ4n) is 7.03. The summed E-state index contributed by atoms with van der Waals surface area (Å²) in [6, 6.07) is 28.0. The summed E-state index contributed by atoms with van der Waals surface area (Å²) in [5, 5.41) is 0.